The smallest absolute Gasteiger partial charge is 0.399 e. The summed E-state index contributed by atoms with van der Waals surface area (Å²) in [7, 11) is 3.68. The van der Waals surface area contributed by atoms with Gasteiger partial charge in [0, 0.05) is 36.2 Å². The SMILES string of the molecule is CN(C)Cc1ccc(-c2cncc(B3OC(C)(C)C(C)(C)O3)c2)nc1. The van der Waals surface area contributed by atoms with Crippen molar-refractivity contribution >= 4 is 12.6 Å². The van der Waals surface area contributed by atoms with Crippen LogP contribution in [0, 0.1) is 0 Å². The van der Waals surface area contributed by atoms with Gasteiger partial charge in [0.15, 0.2) is 0 Å². The summed E-state index contributed by atoms with van der Waals surface area (Å²) in [5, 5.41) is 0. The van der Waals surface area contributed by atoms with E-state index in [0.29, 0.717) is 0 Å². The Kier molecular flexibility index (Phi) is 4.71. The highest BCUT2D eigenvalue weighted by Crippen LogP contribution is 2.36. The van der Waals surface area contributed by atoms with E-state index in [4.69, 9.17) is 9.31 Å². The molecular formula is C19H26BN3O2. The zero-order chi connectivity index (χ0) is 18.2. The Hall–Kier alpha value is -1.76. The van der Waals surface area contributed by atoms with Gasteiger partial charge in [0.1, 0.15) is 0 Å². The van der Waals surface area contributed by atoms with Crippen molar-refractivity contribution in [3.8, 4) is 11.3 Å². The van der Waals surface area contributed by atoms with Gasteiger partial charge in [-0.05, 0) is 59.5 Å². The number of pyridine rings is 2. The van der Waals surface area contributed by atoms with E-state index in [1.54, 1.807) is 6.20 Å². The first-order chi connectivity index (χ1) is 11.7. The lowest BCUT2D eigenvalue weighted by atomic mass is 9.79. The summed E-state index contributed by atoms with van der Waals surface area (Å²) in [5.74, 6) is 0. The summed E-state index contributed by atoms with van der Waals surface area (Å²) in [5.41, 5.74) is 3.23. The minimum atomic E-state index is -0.412. The van der Waals surface area contributed by atoms with Gasteiger partial charge in [0.2, 0.25) is 0 Å². The molecule has 0 radical (unpaired) electrons. The first-order valence-corrected chi connectivity index (χ1v) is 8.58. The molecule has 0 aromatic carbocycles. The van der Waals surface area contributed by atoms with Gasteiger partial charge in [0.05, 0.1) is 16.9 Å². The Bertz CT molecular complexity index is 729. The van der Waals surface area contributed by atoms with E-state index in [-0.39, 0.29) is 11.2 Å². The fourth-order valence-corrected chi connectivity index (χ4v) is 2.76. The molecule has 1 aliphatic rings. The fraction of sp³-hybridized carbons (Fsp3) is 0.474. The fourth-order valence-electron chi connectivity index (χ4n) is 2.76. The molecular weight excluding hydrogens is 313 g/mol. The summed E-state index contributed by atoms with van der Waals surface area (Å²) in [4.78, 5) is 11.1. The predicted molar refractivity (Wildman–Crippen MR) is 101 cm³/mol. The number of hydrogen-bond donors (Lipinski definition) is 0. The molecule has 2 aromatic rings. The first-order valence-electron chi connectivity index (χ1n) is 8.58. The number of rotatable bonds is 4. The van der Waals surface area contributed by atoms with Crippen LogP contribution in [0.5, 0.6) is 0 Å². The van der Waals surface area contributed by atoms with Crippen LogP contribution in [0.15, 0.2) is 36.8 Å². The molecule has 0 saturated carbocycles. The summed E-state index contributed by atoms with van der Waals surface area (Å²) in [6.45, 7) is 9.08. The third-order valence-electron chi connectivity index (χ3n) is 4.90. The zero-order valence-corrected chi connectivity index (χ0v) is 15.9. The second kappa shape index (κ2) is 6.52. The molecule has 0 aliphatic carbocycles. The molecule has 0 atom stereocenters. The van der Waals surface area contributed by atoms with Gasteiger partial charge in [0.25, 0.3) is 0 Å². The molecule has 1 aliphatic heterocycles. The Balaban J connectivity index is 1.83. The van der Waals surface area contributed by atoms with E-state index in [2.05, 4.69) is 48.6 Å². The van der Waals surface area contributed by atoms with Gasteiger partial charge < -0.3 is 14.2 Å². The standard InChI is InChI=1S/C19H26BN3O2/c1-18(2)19(3,4)25-20(24-18)16-9-15(11-21-12-16)17-8-7-14(10-22-17)13-23(5)6/h7-12H,13H2,1-6H3. The Morgan fingerprint density at radius 3 is 2.24 bits per heavy atom. The number of aromatic nitrogens is 2. The molecule has 5 nitrogen and oxygen atoms in total. The molecule has 132 valence electrons. The van der Waals surface area contributed by atoms with E-state index < -0.39 is 7.12 Å². The van der Waals surface area contributed by atoms with Crippen molar-refractivity contribution < 1.29 is 9.31 Å². The molecule has 0 spiro atoms. The average Bonchev–Trinajstić information content (AvgIpc) is 2.76. The molecule has 3 heterocycles. The second-order valence-corrected chi connectivity index (χ2v) is 7.88. The monoisotopic (exact) mass is 339 g/mol. The first kappa shape index (κ1) is 18.0. The third-order valence-corrected chi connectivity index (χ3v) is 4.90. The highest BCUT2D eigenvalue weighted by molar-refractivity contribution is 6.62. The van der Waals surface area contributed by atoms with Crippen LogP contribution in [-0.2, 0) is 15.9 Å². The zero-order valence-electron chi connectivity index (χ0n) is 15.9. The van der Waals surface area contributed by atoms with Crippen molar-refractivity contribution in [2.45, 2.75) is 45.4 Å². The molecule has 6 heteroatoms. The Labute approximate surface area is 150 Å². The molecule has 25 heavy (non-hydrogen) atoms. The van der Waals surface area contributed by atoms with Crippen LogP contribution in [-0.4, -0.2) is 47.3 Å². The summed E-state index contributed by atoms with van der Waals surface area (Å²) in [6, 6.07) is 6.18. The van der Waals surface area contributed by atoms with E-state index in [9.17, 15) is 0 Å². The van der Waals surface area contributed by atoms with Gasteiger partial charge in [-0.15, -0.1) is 0 Å². The van der Waals surface area contributed by atoms with Gasteiger partial charge in [-0.1, -0.05) is 6.07 Å². The van der Waals surface area contributed by atoms with Gasteiger partial charge in [-0.2, -0.15) is 0 Å². The van der Waals surface area contributed by atoms with Crippen molar-refractivity contribution in [2.24, 2.45) is 0 Å². The van der Waals surface area contributed by atoms with E-state index in [0.717, 1.165) is 23.3 Å². The minimum absolute atomic E-state index is 0.361. The molecule has 3 rings (SSSR count). The van der Waals surface area contributed by atoms with Crippen LogP contribution >= 0.6 is 0 Å². The van der Waals surface area contributed by atoms with Gasteiger partial charge in [-0.3, -0.25) is 9.97 Å². The lowest BCUT2D eigenvalue weighted by molar-refractivity contribution is 0.00578. The lowest BCUT2D eigenvalue weighted by Gasteiger charge is -2.32. The highest BCUT2D eigenvalue weighted by Gasteiger charge is 2.51. The Morgan fingerprint density at radius 2 is 1.68 bits per heavy atom. The van der Waals surface area contributed by atoms with Crippen LogP contribution in [0.3, 0.4) is 0 Å². The van der Waals surface area contributed by atoms with Gasteiger partial charge in [-0.25, -0.2) is 0 Å². The van der Waals surface area contributed by atoms with Gasteiger partial charge >= 0.3 is 7.12 Å². The average molecular weight is 339 g/mol. The van der Waals surface area contributed by atoms with Crippen molar-refractivity contribution in [3.05, 3.63) is 42.4 Å². The molecule has 0 N–H and O–H groups in total. The number of nitrogens with zero attached hydrogens (tertiary/aromatic N) is 3. The maximum atomic E-state index is 6.12. The summed E-state index contributed by atoms with van der Waals surface area (Å²) in [6.07, 6.45) is 5.53. The number of hydrogen-bond acceptors (Lipinski definition) is 5. The second-order valence-electron chi connectivity index (χ2n) is 7.88. The van der Waals surface area contributed by atoms with Crippen LogP contribution in [0.25, 0.3) is 11.3 Å². The Morgan fingerprint density at radius 1 is 1.00 bits per heavy atom. The van der Waals surface area contributed by atoms with E-state index in [1.807, 2.05) is 38.6 Å². The van der Waals surface area contributed by atoms with Crippen LogP contribution in [0.4, 0.5) is 0 Å². The maximum absolute atomic E-state index is 6.12. The van der Waals surface area contributed by atoms with Crippen molar-refractivity contribution in [3.63, 3.8) is 0 Å². The third kappa shape index (κ3) is 3.76. The van der Waals surface area contributed by atoms with Crippen LogP contribution in [0.2, 0.25) is 0 Å². The largest absolute Gasteiger partial charge is 0.496 e. The summed E-state index contributed by atoms with van der Waals surface area (Å²) < 4.78 is 12.2. The van der Waals surface area contributed by atoms with Crippen LogP contribution in [0.1, 0.15) is 33.3 Å². The highest BCUT2D eigenvalue weighted by atomic mass is 16.7. The normalized spacial score (nSPS) is 18.8. The lowest BCUT2D eigenvalue weighted by Crippen LogP contribution is -2.41. The molecule has 2 aromatic heterocycles. The molecule has 0 bridgehead atoms. The topological polar surface area (TPSA) is 47.5 Å². The quantitative estimate of drug-likeness (QED) is 0.801. The molecule has 0 amide bonds. The van der Waals surface area contributed by atoms with Crippen molar-refractivity contribution in [1.29, 1.82) is 0 Å². The molecule has 1 saturated heterocycles. The van der Waals surface area contributed by atoms with Crippen molar-refractivity contribution in [2.75, 3.05) is 14.1 Å². The predicted octanol–water partition coefficient (Wildman–Crippen LogP) is 2.50. The van der Waals surface area contributed by atoms with E-state index >= 15 is 0 Å². The maximum Gasteiger partial charge on any atom is 0.496 e. The molecule has 0 unspecified atom stereocenters. The summed E-state index contributed by atoms with van der Waals surface area (Å²) >= 11 is 0. The van der Waals surface area contributed by atoms with Crippen LogP contribution < -0.4 is 5.46 Å². The van der Waals surface area contributed by atoms with E-state index in [1.165, 1.54) is 5.56 Å². The molecule has 1 fully saturated rings. The van der Waals surface area contributed by atoms with Crippen molar-refractivity contribution in [1.82, 2.24) is 14.9 Å². The minimum Gasteiger partial charge on any atom is -0.399 e.